The van der Waals surface area contributed by atoms with Crippen molar-refractivity contribution >= 4 is 11.8 Å². The summed E-state index contributed by atoms with van der Waals surface area (Å²) >= 11 is 2.23. The van der Waals surface area contributed by atoms with Crippen molar-refractivity contribution in [3.05, 3.63) is 0 Å². The van der Waals surface area contributed by atoms with Gasteiger partial charge in [-0.2, -0.15) is 11.8 Å². The fourth-order valence-corrected chi connectivity index (χ4v) is 3.72. The van der Waals surface area contributed by atoms with Crippen LogP contribution >= 0.6 is 11.8 Å². The van der Waals surface area contributed by atoms with Crippen LogP contribution in [0.15, 0.2) is 0 Å². The first-order valence-corrected chi connectivity index (χ1v) is 8.22. The molecule has 96 valence electrons. The van der Waals surface area contributed by atoms with E-state index in [0.717, 1.165) is 11.3 Å². The van der Waals surface area contributed by atoms with E-state index < -0.39 is 0 Å². The molecule has 0 aromatic heterocycles. The summed E-state index contributed by atoms with van der Waals surface area (Å²) < 4.78 is 0. The van der Waals surface area contributed by atoms with Gasteiger partial charge >= 0.3 is 0 Å². The van der Waals surface area contributed by atoms with Gasteiger partial charge in [0.05, 0.1) is 0 Å². The van der Waals surface area contributed by atoms with Crippen molar-refractivity contribution in [2.45, 2.75) is 76.5 Å². The minimum atomic E-state index is 0.719. The monoisotopic (exact) mass is 243 g/mol. The van der Waals surface area contributed by atoms with Gasteiger partial charge in [0.15, 0.2) is 0 Å². The molecule has 0 aliphatic heterocycles. The molecule has 0 aromatic carbocycles. The molecule has 0 amide bonds. The smallest absolute Gasteiger partial charge is 0.00470 e. The lowest BCUT2D eigenvalue weighted by Crippen LogP contribution is -2.26. The summed E-state index contributed by atoms with van der Waals surface area (Å²) in [5.74, 6) is 1.39. The van der Waals surface area contributed by atoms with Crippen molar-refractivity contribution < 1.29 is 0 Å². The van der Waals surface area contributed by atoms with Crippen LogP contribution in [-0.4, -0.2) is 23.6 Å². The molecule has 0 heterocycles. The second-order valence-electron chi connectivity index (χ2n) is 5.13. The molecule has 2 heteroatoms. The average Bonchev–Trinajstić information content (AvgIpc) is 2.79. The molecule has 1 aliphatic carbocycles. The maximum atomic E-state index is 3.56. The second-order valence-corrected chi connectivity index (χ2v) is 6.54. The third-order valence-electron chi connectivity index (χ3n) is 3.43. The van der Waals surface area contributed by atoms with Crippen molar-refractivity contribution in [3.8, 4) is 0 Å². The Labute approximate surface area is 106 Å². The highest BCUT2D eigenvalue weighted by atomic mass is 32.2. The van der Waals surface area contributed by atoms with Crippen LogP contribution in [-0.2, 0) is 0 Å². The molecule has 1 rings (SSSR count). The Balaban J connectivity index is 1.83. The highest BCUT2D eigenvalue weighted by Crippen LogP contribution is 2.29. The van der Waals surface area contributed by atoms with Crippen molar-refractivity contribution in [3.63, 3.8) is 0 Å². The van der Waals surface area contributed by atoms with E-state index >= 15 is 0 Å². The predicted molar refractivity (Wildman–Crippen MR) is 76.3 cm³/mol. The molecule has 1 atom stereocenters. The molecule has 0 radical (unpaired) electrons. The molecule has 1 nitrogen and oxygen atoms in total. The Hall–Kier alpha value is 0.310. The van der Waals surface area contributed by atoms with E-state index in [0.29, 0.717) is 0 Å². The zero-order valence-corrected chi connectivity index (χ0v) is 12.0. The van der Waals surface area contributed by atoms with Crippen LogP contribution in [0.5, 0.6) is 0 Å². The first-order chi connectivity index (χ1) is 7.83. The fourth-order valence-electron chi connectivity index (χ4n) is 2.35. The van der Waals surface area contributed by atoms with Gasteiger partial charge in [-0.3, -0.25) is 0 Å². The van der Waals surface area contributed by atoms with E-state index in [4.69, 9.17) is 0 Å². The lowest BCUT2D eigenvalue weighted by atomic mass is 10.1. The summed E-state index contributed by atoms with van der Waals surface area (Å²) in [6, 6.07) is 0.719. The van der Waals surface area contributed by atoms with Gasteiger partial charge in [-0.1, -0.05) is 26.2 Å². The molecule has 0 aromatic rings. The second kappa shape index (κ2) is 9.35. The van der Waals surface area contributed by atoms with Crippen LogP contribution < -0.4 is 5.32 Å². The number of unbranched alkanes of at least 4 members (excludes halogenated alkanes) is 1. The lowest BCUT2D eigenvalue weighted by Gasteiger charge is -2.13. The molecule has 1 unspecified atom stereocenters. The van der Waals surface area contributed by atoms with Crippen LogP contribution in [0.4, 0.5) is 0 Å². The molecule has 1 N–H and O–H groups in total. The topological polar surface area (TPSA) is 12.0 Å². The summed E-state index contributed by atoms with van der Waals surface area (Å²) in [7, 11) is 0. The highest BCUT2D eigenvalue weighted by molar-refractivity contribution is 7.99. The first kappa shape index (κ1) is 14.4. The molecule has 0 spiro atoms. The minimum absolute atomic E-state index is 0.719. The first-order valence-electron chi connectivity index (χ1n) is 7.18. The number of nitrogens with one attached hydrogen (secondary N) is 1. The SMILES string of the molecule is CCCNC(C)CCCCSC1CCCC1. The standard InChI is InChI=1S/C14H29NS/c1-3-11-15-13(2)8-6-7-12-16-14-9-4-5-10-14/h13-15H,3-12H2,1-2H3. The maximum absolute atomic E-state index is 3.56. The Morgan fingerprint density at radius 3 is 2.69 bits per heavy atom. The summed E-state index contributed by atoms with van der Waals surface area (Å²) in [6.07, 6.45) is 11.4. The van der Waals surface area contributed by atoms with E-state index in [1.807, 2.05) is 0 Å². The van der Waals surface area contributed by atoms with Crippen LogP contribution in [0.2, 0.25) is 0 Å². The number of hydrogen-bond donors (Lipinski definition) is 1. The van der Waals surface area contributed by atoms with E-state index in [2.05, 4.69) is 30.9 Å². The van der Waals surface area contributed by atoms with Gasteiger partial charge in [0.2, 0.25) is 0 Å². The van der Waals surface area contributed by atoms with Crippen molar-refractivity contribution in [2.24, 2.45) is 0 Å². The summed E-state index contributed by atoms with van der Waals surface area (Å²) in [6.45, 7) is 5.73. The van der Waals surface area contributed by atoms with E-state index in [1.165, 1.54) is 63.7 Å². The van der Waals surface area contributed by atoms with Gasteiger partial charge in [0.25, 0.3) is 0 Å². The van der Waals surface area contributed by atoms with Gasteiger partial charge in [0, 0.05) is 11.3 Å². The lowest BCUT2D eigenvalue weighted by molar-refractivity contribution is 0.496. The zero-order valence-electron chi connectivity index (χ0n) is 11.1. The molecule has 1 aliphatic rings. The number of rotatable bonds is 9. The predicted octanol–water partition coefficient (Wildman–Crippen LogP) is 4.22. The minimum Gasteiger partial charge on any atom is -0.314 e. The third kappa shape index (κ3) is 6.80. The van der Waals surface area contributed by atoms with Gasteiger partial charge in [0.1, 0.15) is 0 Å². The zero-order chi connectivity index (χ0) is 11.6. The number of hydrogen-bond acceptors (Lipinski definition) is 2. The highest BCUT2D eigenvalue weighted by Gasteiger charge is 2.14. The average molecular weight is 243 g/mol. The normalized spacial score (nSPS) is 19.1. The van der Waals surface area contributed by atoms with Crippen LogP contribution in [0.25, 0.3) is 0 Å². The molecule has 0 saturated heterocycles. The largest absolute Gasteiger partial charge is 0.314 e. The van der Waals surface area contributed by atoms with Crippen molar-refractivity contribution in [2.75, 3.05) is 12.3 Å². The van der Waals surface area contributed by atoms with Gasteiger partial charge in [-0.25, -0.2) is 0 Å². The molecular formula is C14H29NS. The Morgan fingerprint density at radius 2 is 2.00 bits per heavy atom. The van der Waals surface area contributed by atoms with Gasteiger partial charge in [-0.05, 0) is 51.3 Å². The molecule has 1 fully saturated rings. The van der Waals surface area contributed by atoms with Crippen LogP contribution in [0.3, 0.4) is 0 Å². The van der Waals surface area contributed by atoms with E-state index in [9.17, 15) is 0 Å². The maximum Gasteiger partial charge on any atom is 0.00470 e. The molecule has 1 saturated carbocycles. The molecule has 0 bridgehead atoms. The van der Waals surface area contributed by atoms with E-state index in [-0.39, 0.29) is 0 Å². The quantitative estimate of drug-likeness (QED) is 0.609. The van der Waals surface area contributed by atoms with Crippen molar-refractivity contribution in [1.29, 1.82) is 0 Å². The summed E-state index contributed by atoms with van der Waals surface area (Å²) in [5, 5.41) is 4.57. The van der Waals surface area contributed by atoms with Crippen LogP contribution in [0, 0.1) is 0 Å². The number of thioether (sulfide) groups is 1. The Kier molecular flexibility index (Phi) is 8.40. The Bertz CT molecular complexity index is 155. The molecular weight excluding hydrogens is 214 g/mol. The third-order valence-corrected chi connectivity index (χ3v) is 4.90. The molecule has 16 heavy (non-hydrogen) atoms. The van der Waals surface area contributed by atoms with E-state index in [1.54, 1.807) is 0 Å². The van der Waals surface area contributed by atoms with Gasteiger partial charge < -0.3 is 5.32 Å². The van der Waals surface area contributed by atoms with Gasteiger partial charge in [-0.15, -0.1) is 0 Å². The van der Waals surface area contributed by atoms with Crippen LogP contribution in [0.1, 0.15) is 65.2 Å². The summed E-state index contributed by atoms with van der Waals surface area (Å²) in [5.41, 5.74) is 0. The van der Waals surface area contributed by atoms with Crippen molar-refractivity contribution in [1.82, 2.24) is 5.32 Å². The fraction of sp³-hybridized carbons (Fsp3) is 1.00. The summed E-state index contributed by atoms with van der Waals surface area (Å²) in [4.78, 5) is 0. The Morgan fingerprint density at radius 1 is 1.25 bits per heavy atom.